The minimum Gasteiger partial charge on any atom is -0.481 e. The lowest BCUT2D eigenvalue weighted by Gasteiger charge is -2.15. The highest BCUT2D eigenvalue weighted by Crippen LogP contribution is 2.30. The van der Waals surface area contributed by atoms with E-state index in [0.29, 0.717) is 5.39 Å². The Hall–Kier alpha value is -1.84. The first-order valence-electron chi connectivity index (χ1n) is 4.85. The molecule has 4 heteroatoms. The Labute approximate surface area is 91.5 Å². The van der Waals surface area contributed by atoms with Crippen LogP contribution in [0.5, 0.6) is 0 Å². The quantitative estimate of drug-likeness (QED) is 0.849. The molecule has 16 heavy (non-hydrogen) atoms. The van der Waals surface area contributed by atoms with Crippen molar-refractivity contribution < 1.29 is 18.7 Å². The Kier molecular flexibility index (Phi) is 2.22. The molecular weight excluding hydrogens is 211 g/mol. The van der Waals surface area contributed by atoms with Crippen molar-refractivity contribution in [3.05, 3.63) is 35.8 Å². The van der Waals surface area contributed by atoms with Gasteiger partial charge in [0.2, 0.25) is 0 Å². The third-order valence-electron chi connectivity index (χ3n) is 2.65. The highest BCUT2D eigenvalue weighted by Gasteiger charge is 2.33. The molecule has 0 aliphatic heterocycles. The number of fused-ring (bicyclic) bond motifs is 1. The molecule has 2 aromatic rings. The van der Waals surface area contributed by atoms with Crippen LogP contribution in [0, 0.1) is 5.82 Å². The lowest BCUT2D eigenvalue weighted by molar-refractivity contribution is -0.143. The number of furan rings is 1. The maximum absolute atomic E-state index is 13.3. The second-order valence-corrected chi connectivity index (χ2v) is 4.20. The molecule has 0 aliphatic carbocycles. The molecule has 0 unspecified atom stereocenters. The maximum Gasteiger partial charge on any atom is 0.316 e. The van der Waals surface area contributed by atoms with Crippen LogP contribution in [-0.2, 0) is 10.2 Å². The molecule has 0 bridgehead atoms. The van der Waals surface area contributed by atoms with Crippen molar-refractivity contribution in [2.45, 2.75) is 19.3 Å². The van der Waals surface area contributed by atoms with E-state index < -0.39 is 17.2 Å². The third kappa shape index (κ3) is 1.46. The van der Waals surface area contributed by atoms with Gasteiger partial charge in [-0.05, 0) is 26.0 Å². The van der Waals surface area contributed by atoms with E-state index in [9.17, 15) is 9.18 Å². The normalized spacial score (nSPS) is 11.9. The minimum atomic E-state index is -1.16. The highest BCUT2D eigenvalue weighted by molar-refractivity contribution is 5.84. The van der Waals surface area contributed by atoms with Crippen molar-refractivity contribution in [1.82, 2.24) is 0 Å². The van der Waals surface area contributed by atoms with Crippen molar-refractivity contribution in [2.75, 3.05) is 0 Å². The van der Waals surface area contributed by atoms with Gasteiger partial charge in [0, 0.05) is 5.39 Å². The van der Waals surface area contributed by atoms with Gasteiger partial charge in [-0.2, -0.15) is 0 Å². The molecule has 0 saturated heterocycles. The molecule has 0 atom stereocenters. The fraction of sp³-hybridized carbons (Fsp3) is 0.250. The molecule has 0 saturated carbocycles. The van der Waals surface area contributed by atoms with E-state index in [4.69, 9.17) is 9.52 Å². The van der Waals surface area contributed by atoms with Gasteiger partial charge in [-0.1, -0.05) is 12.1 Å². The molecule has 0 fully saturated rings. The van der Waals surface area contributed by atoms with Crippen LogP contribution in [0.15, 0.2) is 28.7 Å². The molecule has 0 amide bonds. The van der Waals surface area contributed by atoms with E-state index in [1.54, 1.807) is 18.2 Å². The van der Waals surface area contributed by atoms with Crippen LogP contribution in [0.2, 0.25) is 0 Å². The van der Waals surface area contributed by atoms with Crippen LogP contribution in [0.3, 0.4) is 0 Å². The van der Waals surface area contributed by atoms with E-state index in [1.165, 1.54) is 19.9 Å². The average molecular weight is 222 g/mol. The molecule has 84 valence electrons. The zero-order chi connectivity index (χ0) is 11.9. The van der Waals surface area contributed by atoms with Crippen LogP contribution < -0.4 is 0 Å². The number of aliphatic carboxylic acids is 1. The number of carboxylic acids is 1. The third-order valence-corrected chi connectivity index (χ3v) is 2.65. The summed E-state index contributed by atoms with van der Waals surface area (Å²) in [6, 6.07) is 6.09. The van der Waals surface area contributed by atoms with Gasteiger partial charge in [0.05, 0.1) is 0 Å². The summed E-state index contributed by atoms with van der Waals surface area (Å²) in [5, 5.41) is 9.61. The highest BCUT2D eigenvalue weighted by atomic mass is 19.1. The smallest absolute Gasteiger partial charge is 0.316 e. The first kappa shape index (κ1) is 10.7. The molecule has 1 N–H and O–H groups in total. The Morgan fingerprint density at radius 2 is 2.12 bits per heavy atom. The summed E-state index contributed by atoms with van der Waals surface area (Å²) in [6.45, 7) is 3.04. The summed E-state index contributed by atoms with van der Waals surface area (Å²) in [5.74, 6) is -1.24. The number of halogens is 1. The van der Waals surface area contributed by atoms with Gasteiger partial charge < -0.3 is 9.52 Å². The lowest BCUT2D eigenvalue weighted by atomic mass is 9.90. The zero-order valence-corrected chi connectivity index (χ0v) is 8.95. The van der Waals surface area contributed by atoms with Crippen molar-refractivity contribution >= 4 is 16.9 Å². The van der Waals surface area contributed by atoms with E-state index in [2.05, 4.69) is 0 Å². The van der Waals surface area contributed by atoms with Crippen LogP contribution in [-0.4, -0.2) is 11.1 Å². The fourth-order valence-corrected chi connectivity index (χ4v) is 1.44. The summed E-state index contributed by atoms with van der Waals surface area (Å²) in [5.41, 5.74) is -1.06. The molecule has 0 aliphatic rings. The molecule has 2 rings (SSSR count). The predicted molar refractivity (Wildman–Crippen MR) is 56.8 cm³/mol. The molecular formula is C12H11FO3. The predicted octanol–water partition coefficient (Wildman–Crippen LogP) is 2.93. The first-order valence-corrected chi connectivity index (χ1v) is 4.85. The van der Waals surface area contributed by atoms with Gasteiger partial charge in [-0.25, -0.2) is 4.39 Å². The number of carboxylic acid groups (broad SMARTS) is 1. The Bertz CT molecular complexity index is 554. The van der Waals surface area contributed by atoms with Crippen molar-refractivity contribution in [1.29, 1.82) is 0 Å². The second kappa shape index (κ2) is 3.33. The number of para-hydroxylation sites is 1. The van der Waals surface area contributed by atoms with Gasteiger partial charge in [-0.15, -0.1) is 0 Å². The van der Waals surface area contributed by atoms with Gasteiger partial charge in [-0.3, -0.25) is 4.79 Å². The molecule has 0 spiro atoms. The Morgan fingerprint density at radius 1 is 1.44 bits per heavy atom. The summed E-state index contributed by atoms with van der Waals surface area (Å²) < 4.78 is 18.6. The van der Waals surface area contributed by atoms with Gasteiger partial charge in [0.15, 0.2) is 11.4 Å². The minimum absolute atomic E-state index is 0.104. The van der Waals surface area contributed by atoms with E-state index in [-0.39, 0.29) is 11.3 Å². The van der Waals surface area contributed by atoms with Crippen LogP contribution in [0.4, 0.5) is 4.39 Å². The van der Waals surface area contributed by atoms with Gasteiger partial charge in [0.1, 0.15) is 11.2 Å². The van der Waals surface area contributed by atoms with Crippen LogP contribution in [0.25, 0.3) is 11.0 Å². The fourth-order valence-electron chi connectivity index (χ4n) is 1.44. The van der Waals surface area contributed by atoms with E-state index in [0.717, 1.165) is 0 Å². The number of carbonyl (C=O) groups is 1. The first-order chi connectivity index (χ1) is 7.43. The number of hydrogen-bond acceptors (Lipinski definition) is 2. The number of hydrogen-bond donors (Lipinski definition) is 1. The monoisotopic (exact) mass is 222 g/mol. The Balaban J connectivity index is 2.64. The summed E-state index contributed by atoms with van der Waals surface area (Å²) in [4.78, 5) is 11.0. The van der Waals surface area contributed by atoms with Gasteiger partial charge in [0.25, 0.3) is 0 Å². The average Bonchev–Trinajstić information content (AvgIpc) is 2.63. The number of benzene rings is 1. The van der Waals surface area contributed by atoms with Gasteiger partial charge >= 0.3 is 5.97 Å². The molecule has 0 radical (unpaired) electrons. The molecule has 1 aromatic carbocycles. The number of rotatable bonds is 2. The second-order valence-electron chi connectivity index (χ2n) is 4.20. The van der Waals surface area contributed by atoms with Crippen molar-refractivity contribution in [2.24, 2.45) is 0 Å². The Morgan fingerprint density at radius 3 is 2.69 bits per heavy atom. The van der Waals surface area contributed by atoms with Crippen LogP contribution >= 0.6 is 0 Å². The maximum atomic E-state index is 13.3. The van der Waals surface area contributed by atoms with Crippen molar-refractivity contribution in [3.63, 3.8) is 0 Å². The standard InChI is InChI=1S/C12H11FO3/c1-12(2,11(14)15)9-6-7-4-3-5-8(13)10(7)16-9/h3-6H,1-2H3,(H,14,15). The van der Waals surface area contributed by atoms with Crippen molar-refractivity contribution in [3.8, 4) is 0 Å². The van der Waals surface area contributed by atoms with E-state index in [1.807, 2.05) is 0 Å². The summed E-state index contributed by atoms with van der Waals surface area (Å²) >= 11 is 0. The molecule has 3 nitrogen and oxygen atoms in total. The summed E-state index contributed by atoms with van der Waals surface area (Å²) in [6.07, 6.45) is 0. The SMILES string of the molecule is CC(C)(C(=O)O)c1cc2cccc(F)c2o1. The molecule has 1 aromatic heterocycles. The zero-order valence-electron chi connectivity index (χ0n) is 8.95. The topological polar surface area (TPSA) is 50.4 Å². The largest absolute Gasteiger partial charge is 0.481 e. The van der Waals surface area contributed by atoms with Crippen LogP contribution in [0.1, 0.15) is 19.6 Å². The summed E-state index contributed by atoms with van der Waals surface area (Å²) in [7, 11) is 0. The lowest BCUT2D eigenvalue weighted by Crippen LogP contribution is -2.27. The van der Waals surface area contributed by atoms with E-state index >= 15 is 0 Å². The molecule has 1 heterocycles.